The van der Waals surface area contributed by atoms with Gasteiger partial charge in [-0.3, -0.25) is 9.82 Å². The van der Waals surface area contributed by atoms with Crippen LogP contribution in [-0.4, -0.2) is 45.1 Å². The number of benzene rings is 2. The van der Waals surface area contributed by atoms with Gasteiger partial charge in [0.05, 0.1) is 32.4 Å². The number of hydrogen-bond donors (Lipinski definition) is 3. The maximum Gasteiger partial charge on any atom is 0.270 e. The number of rotatable bonds is 9. The van der Waals surface area contributed by atoms with Gasteiger partial charge in [-0.05, 0) is 31.0 Å². The van der Waals surface area contributed by atoms with E-state index in [1.54, 1.807) is 18.2 Å². The summed E-state index contributed by atoms with van der Waals surface area (Å²) < 4.78 is 50.4. The highest BCUT2D eigenvalue weighted by atomic mass is 32.2. The van der Waals surface area contributed by atoms with E-state index in [0.29, 0.717) is 34.1 Å². The highest BCUT2D eigenvalue weighted by Gasteiger charge is 2.27. The topological polar surface area (TPSA) is 141 Å². The van der Waals surface area contributed by atoms with Gasteiger partial charge in [0.2, 0.25) is 0 Å². The zero-order valence-electron chi connectivity index (χ0n) is 19.4. The third kappa shape index (κ3) is 4.20. The Morgan fingerprint density at radius 2 is 1.74 bits per heavy atom. The first-order valence-corrected chi connectivity index (χ1v) is 12.5. The van der Waals surface area contributed by atoms with E-state index in [-0.39, 0.29) is 22.2 Å². The lowest BCUT2D eigenvalue weighted by Gasteiger charge is -2.23. The Hall–Kier alpha value is -3.93. The summed E-state index contributed by atoms with van der Waals surface area (Å²) in [5.41, 5.74) is 2.05. The molecule has 4 aromatic rings. The lowest BCUT2D eigenvalue weighted by atomic mass is 9.83. The van der Waals surface area contributed by atoms with Crippen molar-refractivity contribution in [3.8, 4) is 17.2 Å². The summed E-state index contributed by atoms with van der Waals surface area (Å²) in [6.07, 6.45) is 3.56. The van der Waals surface area contributed by atoms with Crippen LogP contribution in [0.5, 0.6) is 17.2 Å². The minimum absolute atomic E-state index is 0.00449. The molecular weight excluding hydrogens is 474 g/mol. The number of nitrogens with zero attached hydrogens (tertiary/aromatic N) is 2. The molecular formula is C23H25N5O6S. The molecule has 0 aliphatic heterocycles. The molecule has 2 aromatic carbocycles. The maximum absolute atomic E-state index is 13.2. The Bertz CT molecular complexity index is 1450. The van der Waals surface area contributed by atoms with Gasteiger partial charge in [0, 0.05) is 23.7 Å². The largest absolute Gasteiger partial charge is 0.495 e. The number of sulfonamides is 1. The third-order valence-corrected chi connectivity index (χ3v) is 7.48. The molecule has 35 heavy (non-hydrogen) atoms. The molecule has 184 valence electrons. The number of fused-ring (bicyclic) bond motifs is 1. The molecule has 2 heterocycles. The van der Waals surface area contributed by atoms with Crippen LogP contribution in [0.1, 0.15) is 30.9 Å². The van der Waals surface area contributed by atoms with E-state index < -0.39 is 10.0 Å². The summed E-state index contributed by atoms with van der Waals surface area (Å²) in [5, 5.41) is 15.0. The van der Waals surface area contributed by atoms with Gasteiger partial charge >= 0.3 is 0 Å². The van der Waals surface area contributed by atoms with Crippen molar-refractivity contribution in [1.82, 2.24) is 15.4 Å². The number of aromatic nitrogens is 3. The molecule has 0 unspecified atom stereocenters. The Morgan fingerprint density at radius 1 is 1.03 bits per heavy atom. The van der Waals surface area contributed by atoms with E-state index >= 15 is 0 Å². The maximum atomic E-state index is 13.2. The predicted octanol–water partition coefficient (Wildman–Crippen LogP) is 4.39. The molecule has 2 aromatic heterocycles. The van der Waals surface area contributed by atoms with Gasteiger partial charge in [-0.25, -0.2) is 8.42 Å². The molecule has 12 heteroatoms. The SMILES string of the molecule is COc1cc2c(NS(=O)(=O)c3c(OC)cccc3OC)noc2cc1Nc1cc(C2CCC2)[nH]n1. The predicted molar refractivity (Wildman–Crippen MR) is 129 cm³/mol. The lowest BCUT2D eigenvalue weighted by Crippen LogP contribution is -2.15. The van der Waals surface area contributed by atoms with Crippen LogP contribution in [0, 0.1) is 0 Å². The first-order chi connectivity index (χ1) is 16.9. The van der Waals surface area contributed by atoms with Crippen LogP contribution in [-0.2, 0) is 10.0 Å². The third-order valence-electron chi connectivity index (χ3n) is 6.08. The van der Waals surface area contributed by atoms with Crippen LogP contribution in [0.2, 0.25) is 0 Å². The molecule has 5 rings (SSSR count). The summed E-state index contributed by atoms with van der Waals surface area (Å²) >= 11 is 0. The van der Waals surface area contributed by atoms with Gasteiger partial charge < -0.3 is 24.1 Å². The highest BCUT2D eigenvalue weighted by Crippen LogP contribution is 2.39. The molecule has 3 N–H and O–H groups in total. The molecule has 0 spiro atoms. The Balaban J connectivity index is 1.46. The van der Waals surface area contributed by atoms with Crippen LogP contribution in [0.25, 0.3) is 11.0 Å². The van der Waals surface area contributed by atoms with Gasteiger partial charge in [-0.15, -0.1) is 0 Å². The second-order valence-corrected chi connectivity index (χ2v) is 9.76. The molecule has 0 radical (unpaired) electrons. The Kier molecular flexibility index (Phi) is 5.89. The van der Waals surface area contributed by atoms with Crippen molar-refractivity contribution in [2.24, 2.45) is 0 Å². The molecule has 0 bridgehead atoms. The first-order valence-electron chi connectivity index (χ1n) is 11.0. The zero-order valence-corrected chi connectivity index (χ0v) is 20.2. The summed E-state index contributed by atoms with van der Waals surface area (Å²) in [5.74, 6) is 1.90. The van der Waals surface area contributed by atoms with Crippen molar-refractivity contribution in [3.05, 3.63) is 42.1 Å². The standard InChI is InChI=1S/C23H25N5O6S/c1-31-17-8-5-9-18(32-2)22(17)35(29,30)28-23-14-10-20(33-3)16(11-19(14)34-27-23)24-21-12-15(25-26-21)13-6-4-7-13/h5,8-13H,4,6-7H2,1-3H3,(H,27,28)(H2,24,25,26). The normalized spacial score (nSPS) is 13.9. The molecule has 1 fully saturated rings. The van der Waals surface area contributed by atoms with Crippen molar-refractivity contribution in [1.29, 1.82) is 0 Å². The fourth-order valence-corrected chi connectivity index (χ4v) is 5.37. The number of H-pyrrole nitrogens is 1. The number of aromatic amines is 1. The average Bonchev–Trinajstić information content (AvgIpc) is 3.43. The lowest BCUT2D eigenvalue weighted by molar-refractivity contribution is 0.373. The molecule has 1 saturated carbocycles. The number of hydrogen-bond acceptors (Lipinski definition) is 9. The van der Waals surface area contributed by atoms with E-state index in [0.717, 1.165) is 18.5 Å². The second kappa shape index (κ2) is 9.02. The van der Waals surface area contributed by atoms with Gasteiger partial charge in [-0.2, -0.15) is 5.10 Å². The first kappa shape index (κ1) is 22.8. The van der Waals surface area contributed by atoms with E-state index in [9.17, 15) is 8.42 Å². The van der Waals surface area contributed by atoms with Crippen molar-refractivity contribution < 1.29 is 27.2 Å². The fraction of sp³-hybridized carbons (Fsp3) is 0.304. The average molecular weight is 500 g/mol. The van der Waals surface area contributed by atoms with E-state index in [2.05, 4.69) is 25.4 Å². The van der Waals surface area contributed by atoms with Gasteiger partial charge in [0.15, 0.2) is 22.1 Å². The molecule has 11 nitrogen and oxygen atoms in total. The Labute approximate surface area is 201 Å². The summed E-state index contributed by atoms with van der Waals surface area (Å²) in [6.45, 7) is 0. The van der Waals surface area contributed by atoms with Gasteiger partial charge in [0.25, 0.3) is 10.0 Å². The molecule has 1 aliphatic rings. The Morgan fingerprint density at radius 3 is 2.37 bits per heavy atom. The van der Waals surface area contributed by atoms with Crippen LogP contribution < -0.4 is 24.2 Å². The van der Waals surface area contributed by atoms with E-state index in [1.165, 1.54) is 39.9 Å². The summed E-state index contributed by atoms with van der Waals surface area (Å²) in [6, 6.07) is 10.0. The van der Waals surface area contributed by atoms with Crippen LogP contribution in [0.15, 0.2) is 45.8 Å². The highest BCUT2D eigenvalue weighted by molar-refractivity contribution is 7.93. The van der Waals surface area contributed by atoms with Crippen LogP contribution in [0.3, 0.4) is 0 Å². The van der Waals surface area contributed by atoms with Crippen molar-refractivity contribution >= 4 is 38.3 Å². The molecule has 0 atom stereocenters. The smallest absolute Gasteiger partial charge is 0.270 e. The summed E-state index contributed by atoms with van der Waals surface area (Å²) in [7, 11) is 0.152. The summed E-state index contributed by atoms with van der Waals surface area (Å²) in [4.78, 5) is -0.146. The van der Waals surface area contributed by atoms with Crippen molar-refractivity contribution in [2.75, 3.05) is 31.4 Å². The van der Waals surface area contributed by atoms with Gasteiger partial charge in [-0.1, -0.05) is 17.6 Å². The van der Waals surface area contributed by atoms with Crippen molar-refractivity contribution in [3.63, 3.8) is 0 Å². The van der Waals surface area contributed by atoms with Crippen LogP contribution in [0.4, 0.5) is 17.3 Å². The minimum atomic E-state index is -4.13. The number of nitrogens with one attached hydrogen (secondary N) is 3. The van der Waals surface area contributed by atoms with Crippen LogP contribution >= 0.6 is 0 Å². The minimum Gasteiger partial charge on any atom is -0.495 e. The van der Waals surface area contributed by atoms with E-state index in [1.807, 2.05) is 6.07 Å². The zero-order chi connectivity index (χ0) is 24.6. The fourth-order valence-electron chi connectivity index (χ4n) is 4.03. The number of methoxy groups -OCH3 is 3. The van der Waals surface area contributed by atoms with Gasteiger partial charge in [0.1, 0.15) is 17.2 Å². The quantitative estimate of drug-likeness (QED) is 0.306. The molecule has 0 saturated heterocycles. The second-order valence-electron chi connectivity index (χ2n) is 8.14. The van der Waals surface area contributed by atoms with E-state index in [4.69, 9.17) is 18.7 Å². The monoisotopic (exact) mass is 499 g/mol. The number of ether oxygens (including phenoxy) is 3. The molecule has 0 amide bonds. The number of anilines is 3. The molecule has 1 aliphatic carbocycles. The van der Waals surface area contributed by atoms with Crippen molar-refractivity contribution in [2.45, 2.75) is 30.1 Å².